The van der Waals surface area contributed by atoms with Gasteiger partial charge in [-0.2, -0.15) is 5.10 Å². The van der Waals surface area contributed by atoms with E-state index >= 15 is 0 Å². The van der Waals surface area contributed by atoms with Crippen LogP contribution in [0.25, 0.3) is 0 Å². The largest absolute Gasteiger partial charge is 0.352 e. The first-order chi connectivity index (χ1) is 4.75. The van der Waals surface area contributed by atoms with E-state index in [1.54, 1.807) is 14.1 Å². The zero-order valence-corrected chi connectivity index (χ0v) is 5.83. The quantitative estimate of drug-likeness (QED) is 0.570. The maximum absolute atomic E-state index is 10.9. The van der Waals surface area contributed by atoms with Crippen LogP contribution in [0.5, 0.6) is 0 Å². The fourth-order valence-electron chi connectivity index (χ4n) is 0.614. The Hall–Kier alpha value is -1.39. The summed E-state index contributed by atoms with van der Waals surface area (Å²) in [5.74, 6) is 0.0995. The molecule has 0 spiro atoms. The van der Waals surface area contributed by atoms with E-state index in [4.69, 9.17) is 0 Å². The first kappa shape index (κ1) is 6.73. The lowest BCUT2D eigenvalue weighted by atomic mass is 10.6. The van der Waals surface area contributed by atoms with Crippen molar-refractivity contribution in [3.05, 3.63) is 12.2 Å². The highest BCUT2D eigenvalue weighted by molar-refractivity contribution is 5.90. The SMILES string of the molecule is CNC(=O)c1ncnn1C.[HH]. The molecular weight excluding hydrogens is 132 g/mol. The second-order valence-electron chi connectivity index (χ2n) is 1.79. The molecule has 0 saturated carbocycles. The minimum atomic E-state index is -0.222. The summed E-state index contributed by atoms with van der Waals surface area (Å²) in [5, 5.41) is 6.18. The van der Waals surface area contributed by atoms with E-state index < -0.39 is 0 Å². The molecule has 0 aliphatic heterocycles. The van der Waals surface area contributed by atoms with Gasteiger partial charge in [-0.25, -0.2) is 9.67 Å². The van der Waals surface area contributed by atoms with Crippen molar-refractivity contribution in [1.29, 1.82) is 0 Å². The Balaban J connectivity index is 0.000001000. The third-order valence-corrected chi connectivity index (χ3v) is 1.14. The van der Waals surface area contributed by atoms with Crippen LogP contribution in [0.1, 0.15) is 12.0 Å². The molecule has 10 heavy (non-hydrogen) atoms. The second kappa shape index (κ2) is 2.47. The van der Waals surface area contributed by atoms with Crippen molar-refractivity contribution in [3.63, 3.8) is 0 Å². The van der Waals surface area contributed by atoms with E-state index in [1.165, 1.54) is 11.0 Å². The van der Waals surface area contributed by atoms with Gasteiger partial charge in [0.05, 0.1) is 0 Å². The fourth-order valence-corrected chi connectivity index (χ4v) is 0.614. The molecule has 1 rings (SSSR count). The van der Waals surface area contributed by atoms with E-state index in [9.17, 15) is 4.79 Å². The van der Waals surface area contributed by atoms with E-state index in [-0.39, 0.29) is 7.33 Å². The van der Waals surface area contributed by atoms with E-state index in [0.29, 0.717) is 5.82 Å². The molecule has 0 unspecified atom stereocenters. The fraction of sp³-hybridized carbons (Fsp3) is 0.400. The Bertz CT molecular complexity index is 246. The standard InChI is InChI=1S/C5H8N4O.H2/c1-6-5(10)4-7-3-8-9(4)2;/h3H,1-2H3,(H,6,10);1H. The van der Waals surface area contributed by atoms with Gasteiger partial charge in [0, 0.05) is 15.5 Å². The molecular formula is C5H10N4O. The zero-order valence-electron chi connectivity index (χ0n) is 5.83. The van der Waals surface area contributed by atoms with Crippen molar-refractivity contribution in [2.24, 2.45) is 7.05 Å². The summed E-state index contributed by atoms with van der Waals surface area (Å²) in [5.41, 5.74) is 0. The maximum Gasteiger partial charge on any atom is 0.288 e. The van der Waals surface area contributed by atoms with Crippen LogP contribution in [-0.2, 0) is 7.05 Å². The highest BCUT2D eigenvalue weighted by Gasteiger charge is 2.07. The lowest BCUT2D eigenvalue weighted by Gasteiger charge is -1.95. The smallest absolute Gasteiger partial charge is 0.288 e. The summed E-state index contributed by atoms with van der Waals surface area (Å²) in [6, 6.07) is 0. The van der Waals surface area contributed by atoms with Gasteiger partial charge in [0.15, 0.2) is 0 Å². The van der Waals surface area contributed by atoms with Crippen molar-refractivity contribution < 1.29 is 6.22 Å². The number of amides is 1. The molecule has 56 valence electrons. The highest BCUT2D eigenvalue weighted by Crippen LogP contribution is 1.87. The number of carbonyl (C=O) groups excluding carboxylic acids is 1. The van der Waals surface area contributed by atoms with Crippen LogP contribution in [0, 0.1) is 0 Å². The molecule has 1 aromatic rings. The molecule has 0 bridgehead atoms. The first-order valence-electron chi connectivity index (χ1n) is 2.81. The Morgan fingerprint density at radius 1 is 1.90 bits per heavy atom. The van der Waals surface area contributed by atoms with Crippen molar-refractivity contribution in [1.82, 2.24) is 20.1 Å². The van der Waals surface area contributed by atoms with Gasteiger partial charge >= 0.3 is 0 Å². The summed E-state index contributed by atoms with van der Waals surface area (Å²) < 4.78 is 1.42. The van der Waals surface area contributed by atoms with Gasteiger partial charge in [0.25, 0.3) is 5.91 Å². The van der Waals surface area contributed by atoms with Crippen LogP contribution in [0.15, 0.2) is 6.33 Å². The molecule has 0 saturated heterocycles. The minimum absolute atomic E-state index is 0. The number of aromatic nitrogens is 3. The van der Waals surface area contributed by atoms with Gasteiger partial charge in [-0.05, 0) is 0 Å². The van der Waals surface area contributed by atoms with E-state index in [0.717, 1.165) is 0 Å². The van der Waals surface area contributed by atoms with E-state index in [1.807, 2.05) is 0 Å². The number of hydrogen-bond acceptors (Lipinski definition) is 3. The van der Waals surface area contributed by atoms with Crippen molar-refractivity contribution in [2.75, 3.05) is 7.05 Å². The number of rotatable bonds is 1. The summed E-state index contributed by atoms with van der Waals surface area (Å²) >= 11 is 0. The second-order valence-corrected chi connectivity index (χ2v) is 1.79. The molecule has 0 atom stereocenters. The van der Waals surface area contributed by atoms with Gasteiger partial charge in [-0.15, -0.1) is 0 Å². The lowest BCUT2D eigenvalue weighted by Crippen LogP contribution is -2.22. The molecule has 1 heterocycles. The number of hydrogen-bond donors (Lipinski definition) is 1. The van der Waals surface area contributed by atoms with Gasteiger partial charge in [0.2, 0.25) is 5.82 Å². The van der Waals surface area contributed by atoms with Crippen LogP contribution < -0.4 is 5.32 Å². The summed E-state index contributed by atoms with van der Waals surface area (Å²) in [6.45, 7) is 0. The number of aryl methyl sites for hydroxylation is 1. The third-order valence-electron chi connectivity index (χ3n) is 1.14. The normalized spacial score (nSPS) is 9.40. The van der Waals surface area contributed by atoms with Crippen molar-refractivity contribution in [3.8, 4) is 0 Å². The predicted octanol–water partition coefficient (Wildman–Crippen LogP) is -0.579. The number of nitrogens with zero attached hydrogens (tertiary/aromatic N) is 3. The van der Waals surface area contributed by atoms with Gasteiger partial charge in [-0.3, -0.25) is 4.79 Å². The Kier molecular flexibility index (Phi) is 1.66. The van der Waals surface area contributed by atoms with Crippen LogP contribution in [0.4, 0.5) is 0 Å². The number of carbonyl (C=O) groups is 1. The number of nitrogens with one attached hydrogen (secondary N) is 1. The summed E-state index contributed by atoms with van der Waals surface area (Å²) in [6.07, 6.45) is 1.34. The van der Waals surface area contributed by atoms with Crippen LogP contribution in [-0.4, -0.2) is 27.7 Å². The third kappa shape index (κ3) is 0.975. The monoisotopic (exact) mass is 142 g/mol. The van der Waals surface area contributed by atoms with Crippen LogP contribution >= 0.6 is 0 Å². The molecule has 5 heteroatoms. The van der Waals surface area contributed by atoms with Gasteiger partial charge in [-0.1, -0.05) is 0 Å². The van der Waals surface area contributed by atoms with E-state index in [2.05, 4.69) is 15.4 Å². The molecule has 1 N–H and O–H groups in total. The van der Waals surface area contributed by atoms with Crippen LogP contribution in [0.2, 0.25) is 0 Å². The Morgan fingerprint density at radius 3 is 3.00 bits per heavy atom. The molecule has 1 aromatic heterocycles. The minimum Gasteiger partial charge on any atom is -0.352 e. The highest BCUT2D eigenvalue weighted by atomic mass is 16.2. The topological polar surface area (TPSA) is 59.8 Å². The maximum atomic E-state index is 10.9. The molecule has 0 aliphatic carbocycles. The lowest BCUT2D eigenvalue weighted by molar-refractivity contribution is 0.0948. The molecule has 5 nitrogen and oxygen atoms in total. The van der Waals surface area contributed by atoms with Gasteiger partial charge in [0.1, 0.15) is 6.33 Å². The zero-order chi connectivity index (χ0) is 7.56. The van der Waals surface area contributed by atoms with Crippen molar-refractivity contribution >= 4 is 5.91 Å². The predicted molar refractivity (Wildman–Crippen MR) is 36.5 cm³/mol. The first-order valence-corrected chi connectivity index (χ1v) is 2.81. The molecule has 0 aromatic carbocycles. The Labute approximate surface area is 59.5 Å². The van der Waals surface area contributed by atoms with Crippen molar-refractivity contribution in [2.45, 2.75) is 0 Å². The van der Waals surface area contributed by atoms with Crippen LogP contribution in [0.3, 0.4) is 0 Å². The Morgan fingerprint density at radius 2 is 2.60 bits per heavy atom. The summed E-state index contributed by atoms with van der Waals surface area (Å²) in [7, 11) is 3.22. The average molecular weight is 142 g/mol. The molecule has 1 amide bonds. The average Bonchev–Trinajstić information content (AvgIpc) is 2.34. The molecule has 0 radical (unpaired) electrons. The molecule has 0 aliphatic rings. The summed E-state index contributed by atoms with van der Waals surface area (Å²) in [4.78, 5) is 14.6. The van der Waals surface area contributed by atoms with Gasteiger partial charge < -0.3 is 5.32 Å². The molecule has 0 fully saturated rings.